The van der Waals surface area contributed by atoms with E-state index in [9.17, 15) is 14.4 Å². The van der Waals surface area contributed by atoms with Gasteiger partial charge in [-0.05, 0) is 70.2 Å². The van der Waals surface area contributed by atoms with Crippen LogP contribution >= 0.6 is 11.6 Å². The lowest BCUT2D eigenvalue weighted by Gasteiger charge is -2.35. The molecule has 1 saturated carbocycles. The van der Waals surface area contributed by atoms with Crippen molar-refractivity contribution in [1.29, 1.82) is 0 Å². The van der Waals surface area contributed by atoms with Crippen LogP contribution in [0.2, 0.25) is 5.02 Å². The Kier molecular flexibility index (Phi) is 9.38. The maximum Gasteiger partial charge on any atom is 0.408 e. The third-order valence-corrected chi connectivity index (χ3v) is 7.17. The molecular formula is C33H38ClN3O4. The van der Waals surface area contributed by atoms with E-state index in [1.807, 2.05) is 80.6 Å². The Hall–Kier alpha value is -3.84. The second-order valence-corrected chi connectivity index (χ2v) is 12.0. The number of hydrogen-bond donors (Lipinski definition) is 2. The number of alkyl carbamates (subject to hydrolysis) is 1. The van der Waals surface area contributed by atoms with Crippen molar-refractivity contribution in [2.45, 2.75) is 77.6 Å². The summed E-state index contributed by atoms with van der Waals surface area (Å²) in [4.78, 5) is 43.1. The molecule has 0 aliphatic heterocycles. The van der Waals surface area contributed by atoms with Gasteiger partial charge in [0.1, 0.15) is 17.7 Å². The normalized spacial score (nSPS) is 14.5. The summed E-state index contributed by atoms with van der Waals surface area (Å²) >= 11 is 6.46. The van der Waals surface area contributed by atoms with E-state index in [0.29, 0.717) is 16.3 Å². The lowest BCUT2D eigenvalue weighted by Crippen LogP contribution is -2.54. The number of benzene rings is 3. The van der Waals surface area contributed by atoms with Crippen LogP contribution < -0.4 is 10.6 Å². The van der Waals surface area contributed by atoms with Gasteiger partial charge in [0.05, 0.1) is 10.7 Å². The van der Waals surface area contributed by atoms with Crippen LogP contribution in [0.1, 0.15) is 61.9 Å². The van der Waals surface area contributed by atoms with Crippen molar-refractivity contribution in [3.63, 3.8) is 0 Å². The Bertz CT molecular complexity index is 1360. The fourth-order valence-corrected chi connectivity index (χ4v) is 4.99. The highest BCUT2D eigenvalue weighted by molar-refractivity contribution is 6.34. The molecule has 2 N–H and O–H groups in total. The second-order valence-electron chi connectivity index (χ2n) is 11.6. The fraction of sp³-hybridized carbons (Fsp3) is 0.364. The average molecular weight is 576 g/mol. The molecule has 0 radical (unpaired) electrons. The molecule has 1 fully saturated rings. The number of nitrogens with zero attached hydrogens (tertiary/aromatic N) is 1. The molecule has 216 valence electrons. The van der Waals surface area contributed by atoms with Crippen LogP contribution in [0.3, 0.4) is 0 Å². The number of hydrogen-bond acceptors (Lipinski definition) is 4. The Morgan fingerprint density at radius 2 is 1.61 bits per heavy atom. The number of aryl methyl sites for hydroxylation is 2. The number of ether oxygens (including phenoxy) is 1. The first kappa shape index (κ1) is 30.1. The molecule has 0 heterocycles. The molecule has 0 bridgehead atoms. The van der Waals surface area contributed by atoms with Crippen LogP contribution in [-0.2, 0) is 20.7 Å². The summed E-state index contributed by atoms with van der Waals surface area (Å²) in [6.45, 7) is 9.14. The van der Waals surface area contributed by atoms with Crippen molar-refractivity contribution in [2.75, 3.05) is 5.32 Å². The van der Waals surface area contributed by atoms with Crippen molar-refractivity contribution in [3.8, 4) is 0 Å². The molecule has 2 unspecified atom stereocenters. The van der Waals surface area contributed by atoms with Crippen LogP contribution in [0.5, 0.6) is 0 Å². The quantitative estimate of drug-likeness (QED) is 0.295. The molecule has 3 amide bonds. The van der Waals surface area contributed by atoms with Crippen LogP contribution in [0.15, 0.2) is 72.8 Å². The standard InChI is InChI=1S/C33H38ClN3O4/c1-21-14-16-24(17-15-21)29(30(38)36-28-22(2)10-9-13-26(28)34)37(25-18-19-25)31(39)27(20-23-11-7-6-8-12-23)35-32(40)41-33(3,4)5/h6-17,25,27,29H,18-20H2,1-5H3,(H,35,40)(H,36,38). The van der Waals surface area contributed by atoms with Gasteiger partial charge in [0, 0.05) is 12.5 Å². The number of anilines is 1. The number of amides is 3. The van der Waals surface area contributed by atoms with Crippen molar-refractivity contribution < 1.29 is 19.1 Å². The van der Waals surface area contributed by atoms with Gasteiger partial charge in [-0.15, -0.1) is 0 Å². The molecule has 1 aliphatic carbocycles. The first-order valence-corrected chi connectivity index (χ1v) is 14.3. The fourth-order valence-electron chi connectivity index (χ4n) is 4.72. The Morgan fingerprint density at radius 1 is 0.951 bits per heavy atom. The Morgan fingerprint density at radius 3 is 2.20 bits per heavy atom. The Labute approximate surface area is 247 Å². The SMILES string of the molecule is Cc1ccc(C(C(=O)Nc2c(C)cccc2Cl)N(C(=O)C(Cc2ccccc2)NC(=O)OC(C)(C)C)C2CC2)cc1. The smallest absolute Gasteiger partial charge is 0.408 e. The van der Waals surface area contributed by atoms with E-state index < -0.39 is 23.8 Å². The maximum atomic E-state index is 14.5. The number of nitrogens with one attached hydrogen (secondary N) is 2. The monoisotopic (exact) mass is 575 g/mol. The lowest BCUT2D eigenvalue weighted by molar-refractivity contribution is -0.141. The summed E-state index contributed by atoms with van der Waals surface area (Å²) in [5.41, 5.74) is 3.17. The number of carbonyl (C=O) groups is 3. The van der Waals surface area contributed by atoms with Gasteiger partial charge in [0.2, 0.25) is 5.91 Å². The lowest BCUT2D eigenvalue weighted by atomic mass is 9.99. The van der Waals surface area contributed by atoms with Gasteiger partial charge < -0.3 is 20.3 Å². The summed E-state index contributed by atoms with van der Waals surface area (Å²) in [5, 5.41) is 6.21. The van der Waals surface area contributed by atoms with Gasteiger partial charge in [0.25, 0.3) is 5.91 Å². The van der Waals surface area contributed by atoms with Crippen LogP contribution in [-0.4, -0.2) is 40.5 Å². The van der Waals surface area contributed by atoms with Gasteiger partial charge in [-0.25, -0.2) is 4.79 Å². The minimum atomic E-state index is -0.948. The third-order valence-electron chi connectivity index (χ3n) is 6.86. The number of rotatable bonds is 9. The van der Waals surface area contributed by atoms with Crippen molar-refractivity contribution in [2.24, 2.45) is 0 Å². The van der Waals surface area contributed by atoms with Gasteiger partial charge in [-0.3, -0.25) is 9.59 Å². The van der Waals surface area contributed by atoms with E-state index in [1.165, 1.54) is 0 Å². The molecular weight excluding hydrogens is 538 g/mol. The van der Waals surface area contributed by atoms with E-state index >= 15 is 0 Å². The van der Waals surface area contributed by atoms with Gasteiger partial charge in [-0.2, -0.15) is 0 Å². The number of carbonyl (C=O) groups excluding carboxylic acids is 3. The minimum Gasteiger partial charge on any atom is -0.444 e. The summed E-state index contributed by atoms with van der Waals surface area (Å²) in [7, 11) is 0. The molecule has 0 saturated heterocycles. The van der Waals surface area contributed by atoms with Gasteiger partial charge in [-0.1, -0.05) is 83.9 Å². The second kappa shape index (κ2) is 12.8. The molecule has 41 heavy (non-hydrogen) atoms. The first-order valence-electron chi connectivity index (χ1n) is 13.9. The molecule has 1 aliphatic rings. The van der Waals surface area contributed by atoms with Crippen LogP contribution in [0, 0.1) is 13.8 Å². The Balaban J connectivity index is 1.73. The van der Waals surface area contributed by atoms with Crippen LogP contribution in [0.4, 0.5) is 10.5 Å². The third kappa shape index (κ3) is 8.10. The highest BCUT2D eigenvalue weighted by Crippen LogP contribution is 2.37. The molecule has 3 aromatic carbocycles. The molecule has 7 nitrogen and oxygen atoms in total. The topological polar surface area (TPSA) is 87.7 Å². The molecule has 0 spiro atoms. The first-order chi connectivity index (χ1) is 19.4. The number of para-hydroxylation sites is 1. The van der Waals surface area contributed by atoms with E-state index in [1.54, 1.807) is 31.7 Å². The summed E-state index contributed by atoms with van der Waals surface area (Å²) < 4.78 is 5.51. The molecule has 3 aromatic rings. The molecule has 0 aromatic heterocycles. The largest absolute Gasteiger partial charge is 0.444 e. The molecule has 2 atom stereocenters. The summed E-state index contributed by atoms with van der Waals surface area (Å²) in [6, 6.07) is 20.4. The predicted molar refractivity (Wildman–Crippen MR) is 162 cm³/mol. The van der Waals surface area contributed by atoms with Gasteiger partial charge >= 0.3 is 6.09 Å². The zero-order valence-electron chi connectivity index (χ0n) is 24.2. The zero-order valence-corrected chi connectivity index (χ0v) is 25.0. The van der Waals surface area contributed by atoms with Crippen molar-refractivity contribution >= 4 is 35.2 Å². The van der Waals surface area contributed by atoms with E-state index in [2.05, 4.69) is 10.6 Å². The minimum absolute atomic E-state index is 0.148. The van der Waals surface area contributed by atoms with E-state index in [-0.39, 0.29) is 24.3 Å². The van der Waals surface area contributed by atoms with Crippen molar-refractivity contribution in [3.05, 3.63) is 100 Å². The maximum absolute atomic E-state index is 14.5. The highest BCUT2D eigenvalue weighted by atomic mass is 35.5. The summed E-state index contributed by atoms with van der Waals surface area (Å²) in [6.07, 6.45) is 1.08. The van der Waals surface area contributed by atoms with E-state index in [4.69, 9.17) is 16.3 Å². The van der Waals surface area contributed by atoms with Gasteiger partial charge in [0.15, 0.2) is 0 Å². The molecule has 4 rings (SSSR count). The van der Waals surface area contributed by atoms with E-state index in [0.717, 1.165) is 29.5 Å². The average Bonchev–Trinajstić information content (AvgIpc) is 3.74. The number of halogens is 1. The molecule has 8 heteroatoms. The van der Waals surface area contributed by atoms with Crippen LogP contribution in [0.25, 0.3) is 0 Å². The van der Waals surface area contributed by atoms with Crippen molar-refractivity contribution in [1.82, 2.24) is 10.2 Å². The zero-order chi connectivity index (χ0) is 29.7. The predicted octanol–water partition coefficient (Wildman–Crippen LogP) is 6.76. The summed E-state index contributed by atoms with van der Waals surface area (Å²) in [5.74, 6) is -0.722. The highest BCUT2D eigenvalue weighted by Gasteiger charge is 2.44.